The fourth-order valence-corrected chi connectivity index (χ4v) is 13.7. The van der Waals surface area contributed by atoms with Crippen LogP contribution in [0.2, 0.25) is 26.5 Å². The molecule has 1 saturated heterocycles. The van der Waals surface area contributed by atoms with Gasteiger partial charge in [-0.2, -0.15) is 52.7 Å². The zero-order chi connectivity index (χ0) is 92.5. The summed E-state index contributed by atoms with van der Waals surface area (Å²) >= 11 is 0. The second-order valence-electron chi connectivity index (χ2n) is 29.1. The highest BCUT2D eigenvalue weighted by atomic mass is 28.4. The van der Waals surface area contributed by atoms with Crippen molar-refractivity contribution >= 4 is 54.8 Å². The lowest BCUT2D eigenvalue weighted by molar-refractivity contribution is -0.385. The molecule has 0 atom stereocenters. The Morgan fingerprint density at radius 1 is 0.468 bits per heavy atom. The first-order valence-corrected chi connectivity index (χ1v) is 42.6. The van der Waals surface area contributed by atoms with Crippen LogP contribution in [0.3, 0.4) is 0 Å². The number of hydrogen-bond donors (Lipinski definition) is 3. The number of anilines is 1. The lowest BCUT2D eigenvalue weighted by atomic mass is 9.82. The number of hydrogen-bond acceptors (Lipinski definition) is 14. The summed E-state index contributed by atoms with van der Waals surface area (Å²) < 4.78 is 165. The Balaban J connectivity index is 0.000000238. The third-order valence-electron chi connectivity index (χ3n) is 18.5. The average Bonchev–Trinajstić information content (AvgIpc) is 1.56. The minimum absolute atomic E-state index is 0.154. The van der Waals surface area contributed by atoms with Crippen molar-refractivity contribution in [1.82, 2.24) is 19.9 Å². The molecule has 31 heteroatoms. The lowest BCUT2D eigenvalue weighted by Gasteiger charge is -2.32. The van der Waals surface area contributed by atoms with Gasteiger partial charge in [0.05, 0.1) is 37.0 Å². The topological polar surface area (TPSA) is 216 Å². The van der Waals surface area contributed by atoms with Gasteiger partial charge in [0, 0.05) is 171 Å². The number of likely N-dealkylation sites (tertiary alicyclic amines) is 1. The van der Waals surface area contributed by atoms with Crippen molar-refractivity contribution in [3.05, 3.63) is 166 Å². The number of halogens is 12. The average molecular weight is 1750 g/mol. The Morgan fingerprint density at radius 2 is 0.810 bits per heavy atom. The summed E-state index contributed by atoms with van der Waals surface area (Å²) in [5, 5.41) is 44.9. The van der Waals surface area contributed by atoms with Gasteiger partial charge in [-0.1, -0.05) is 30.1 Å². The molecule has 0 aromatic heterocycles. The molecule has 3 aliphatic carbocycles. The molecule has 7 aliphatic rings. The molecule has 11 rings (SSSR count). The summed E-state index contributed by atoms with van der Waals surface area (Å²) in [4.78, 5) is 36.5. The number of ether oxygens (including phenoxy) is 1. The number of nitrogen functional groups attached to an aromatic ring is 1. The maximum absolute atomic E-state index is 12.9. The molecule has 0 spiro atoms. The minimum atomic E-state index is -4.64. The molecule has 4 aromatic carbocycles. The van der Waals surface area contributed by atoms with E-state index in [0.717, 1.165) is 99.4 Å². The van der Waals surface area contributed by atoms with Crippen LogP contribution in [0.15, 0.2) is 91.0 Å². The van der Waals surface area contributed by atoms with E-state index in [9.17, 15) is 88.1 Å². The van der Waals surface area contributed by atoms with Crippen molar-refractivity contribution in [2.75, 3.05) is 64.7 Å². The minimum Gasteiger partial charge on any atom is -0.437 e. The first-order valence-electron chi connectivity index (χ1n) is 39.2. The van der Waals surface area contributed by atoms with Crippen LogP contribution < -0.4 is 11.1 Å². The first-order chi connectivity index (χ1) is 59.7. The van der Waals surface area contributed by atoms with Gasteiger partial charge in [0.25, 0.3) is 17.1 Å². The highest BCUT2D eigenvalue weighted by Crippen LogP contribution is 2.44. The van der Waals surface area contributed by atoms with Crippen LogP contribution in [-0.2, 0) is 33.9 Å². The van der Waals surface area contributed by atoms with E-state index >= 15 is 0 Å². The van der Waals surface area contributed by atoms with E-state index in [0.29, 0.717) is 92.9 Å². The molecule has 3 saturated carbocycles. The largest absolute Gasteiger partial charge is 0.437 e. The summed E-state index contributed by atoms with van der Waals surface area (Å²) in [6.07, 6.45) is -2.26. The van der Waals surface area contributed by atoms with E-state index in [1.54, 1.807) is 43.7 Å². The second-order valence-corrected chi connectivity index (χ2v) is 33.5. The van der Waals surface area contributed by atoms with Gasteiger partial charge in [0.2, 0.25) is 0 Å². The van der Waals surface area contributed by atoms with E-state index in [-0.39, 0.29) is 28.5 Å². The molecule has 126 heavy (non-hydrogen) atoms. The van der Waals surface area contributed by atoms with Crippen LogP contribution in [-0.4, -0.2) is 127 Å². The Labute approximate surface area is 727 Å². The maximum Gasteiger partial charge on any atom is 0.416 e. The zero-order valence-corrected chi connectivity index (χ0v) is 70.6. The van der Waals surface area contributed by atoms with Crippen LogP contribution in [0.5, 0.6) is 0 Å². The number of nitrogens with one attached hydrogen (secondary N) is 1. The second kappa shape index (κ2) is 49.8. The molecule has 4 N–H and O–H groups in total. The van der Waals surface area contributed by atoms with Crippen molar-refractivity contribution in [3.63, 3.8) is 0 Å². The van der Waals surface area contributed by atoms with Crippen molar-refractivity contribution in [1.29, 1.82) is 0 Å². The van der Waals surface area contributed by atoms with Crippen LogP contribution in [0.25, 0.3) is 16.7 Å². The summed E-state index contributed by atoms with van der Waals surface area (Å²) in [5.41, 5.74) is 4.18. The molecule has 4 aromatic rings. The van der Waals surface area contributed by atoms with Crippen LogP contribution in [0, 0.1) is 208 Å². The fraction of sp³-hybridized carbons (Fsp3) is 0.368. The summed E-state index contributed by atoms with van der Waals surface area (Å²) in [5.74, 6) is 75.7. The molecule has 0 radical (unpaired) electrons. The van der Waals surface area contributed by atoms with Crippen LogP contribution in [0.4, 0.5) is 75.4 Å². The lowest BCUT2D eigenvalue weighted by Crippen LogP contribution is -2.39. The quantitative estimate of drug-likeness (QED) is 0.0204. The third kappa shape index (κ3) is 38.2. The van der Waals surface area contributed by atoms with Crippen molar-refractivity contribution < 1.29 is 81.6 Å². The van der Waals surface area contributed by atoms with Gasteiger partial charge in [-0.25, -0.2) is 0 Å². The van der Waals surface area contributed by atoms with E-state index in [1.807, 2.05) is 13.0 Å². The highest BCUT2D eigenvalue weighted by molar-refractivity contribution is 6.69. The smallest absolute Gasteiger partial charge is 0.416 e. The predicted molar refractivity (Wildman–Crippen MR) is 463 cm³/mol. The summed E-state index contributed by atoms with van der Waals surface area (Å²) in [6, 6.07) is 13.5. The SMILES string of the molecule is CB(O)N1CC=C(c2cc([N+](=O)[O-])cc(C(F)(F)F)c2)CC1.CC#CC#CC#CC#CC#CC#CC#CC#CC#CC#CC#CC#CC#CC#CC#CC.CCOC1(O[Si](C)(C)C)CC1.Nc1cc(C2CCN(C3CC3)CC2)cc(C(F)(F)F)c1.O=[N+]([O-])c1cc(C2=CCN(C3CC3)CC2)cc(C(F)(F)F)c1.O=[N+]([O-])c1cc(C2=CCNCC2)cc(C(F)(F)F)c1. The number of piperidine rings is 1. The standard InChI is InChI=1S/C32H6.C15H15F3N2O2.C15H19F3N2.C13H14BF3N2O3.C12H11F3N2O2.C8H18O2Si/c1-3-5-7-9-11-13-15-17-19-21-23-25-27-29-31-32-30-28-26-24-22-20-18-16-14-12-10-8-6-4-2;16-15(17,18)12-7-11(8-14(9-12)20(21)22)10-3-5-19(6-4-10)13-1-2-13;16-15(17,18)12-7-11(8-13(19)9-12)10-3-5-20(6-4-10)14-1-2-14;1-14(20)18-4-2-9(3-5-18)10-6-11(13(15,16)17)8-12(7-10)19(21)22;13-12(14,15)10-5-9(6-11(7-10)17(18)19)8-1-3-16-4-2-8;1-5-9-8(6-7-8)10-11(2,3)4/h1-2H3;3,7-9,13H,1-2,4-6H2;7-10,14H,1-6,19H2;2,6-8,20H,3-5H2,1H3;1,5-7,16H,2-4H2;5-7H2,1-4H3. The molecule has 0 unspecified atom stereocenters. The molecule has 4 fully saturated rings. The summed E-state index contributed by atoms with van der Waals surface area (Å²) in [7, 11) is -2.04. The van der Waals surface area contributed by atoms with E-state index in [4.69, 9.17) is 14.9 Å². The van der Waals surface area contributed by atoms with Crippen molar-refractivity contribution in [2.45, 2.75) is 166 Å². The van der Waals surface area contributed by atoms with E-state index < -0.39 is 94.2 Å². The van der Waals surface area contributed by atoms with Crippen LogP contribution >= 0.6 is 0 Å². The normalized spacial score (nSPS) is 15.2. The maximum atomic E-state index is 12.9. The van der Waals surface area contributed by atoms with Crippen LogP contribution in [0.1, 0.15) is 142 Å². The summed E-state index contributed by atoms with van der Waals surface area (Å²) in [6.45, 7) is 19.9. The number of non-ortho nitro benzene ring substituents is 3. The first kappa shape index (κ1) is 101. The van der Waals surface area contributed by atoms with Gasteiger partial charge < -0.3 is 34.9 Å². The van der Waals surface area contributed by atoms with Gasteiger partial charge in [0.15, 0.2) is 14.1 Å². The van der Waals surface area contributed by atoms with Gasteiger partial charge >= 0.3 is 31.8 Å². The molecular formula is C95H83BF12N8O9Si. The number of nitro benzene ring substituents is 3. The Hall–Kier alpha value is -13.3. The number of nitrogens with zero attached hydrogens (tertiary/aromatic N) is 6. The zero-order valence-electron chi connectivity index (χ0n) is 69.6. The van der Waals surface area contributed by atoms with Gasteiger partial charge in [-0.15, -0.1) is 0 Å². The molecule has 4 heterocycles. The van der Waals surface area contributed by atoms with Gasteiger partial charge in [-0.3, -0.25) is 35.2 Å². The van der Waals surface area contributed by atoms with Crippen molar-refractivity contribution in [3.8, 4) is 178 Å². The van der Waals surface area contributed by atoms with Crippen molar-refractivity contribution in [2.24, 2.45) is 0 Å². The molecular weight excluding hydrogens is 1660 g/mol. The third-order valence-corrected chi connectivity index (χ3v) is 19.5. The highest BCUT2D eigenvalue weighted by Gasteiger charge is 2.48. The Morgan fingerprint density at radius 3 is 1.09 bits per heavy atom. The Kier molecular flexibility index (Phi) is 40.1. The number of rotatable bonds is 14. The fourth-order valence-electron chi connectivity index (χ4n) is 12.3. The Bertz CT molecular complexity index is 5570. The molecule has 0 bridgehead atoms. The number of benzene rings is 4. The number of nitrogens with two attached hydrogens (primary N) is 1. The monoisotopic (exact) mass is 1750 g/mol. The van der Waals surface area contributed by atoms with Gasteiger partial charge in [-0.05, 0) is 307 Å². The number of nitro groups is 3. The van der Waals surface area contributed by atoms with E-state index in [1.165, 1.54) is 43.9 Å². The predicted octanol–water partition coefficient (Wildman–Crippen LogP) is 16.7. The number of alkyl halides is 12. The molecule has 648 valence electrons. The van der Waals surface area contributed by atoms with Gasteiger partial charge in [0.1, 0.15) is 0 Å². The molecule has 17 nitrogen and oxygen atoms in total. The molecule has 0 amide bonds. The van der Waals surface area contributed by atoms with E-state index in [2.05, 4.69) is 212 Å². The molecule has 4 aliphatic heterocycles.